The van der Waals surface area contributed by atoms with Crippen molar-refractivity contribution >= 4 is 12.1 Å². The number of nitrogens with zero attached hydrogens (tertiary/aromatic N) is 2. The Bertz CT molecular complexity index is 648. The first-order chi connectivity index (χ1) is 11.1. The van der Waals surface area contributed by atoms with Crippen molar-refractivity contribution in [1.82, 2.24) is 10.4 Å². The zero-order valence-corrected chi connectivity index (χ0v) is 13.9. The lowest BCUT2D eigenvalue weighted by atomic mass is 9.96. The number of pyridine rings is 1. The van der Waals surface area contributed by atoms with Gasteiger partial charge in [-0.2, -0.15) is 5.10 Å². The van der Waals surface area contributed by atoms with Gasteiger partial charge >= 0.3 is 0 Å². The summed E-state index contributed by atoms with van der Waals surface area (Å²) in [5.41, 5.74) is 5.71. The van der Waals surface area contributed by atoms with Crippen LogP contribution < -0.4 is 5.43 Å². The van der Waals surface area contributed by atoms with Gasteiger partial charge in [0.2, 0.25) is 5.91 Å². The molecule has 1 N–H and O–H groups in total. The fourth-order valence-corrected chi connectivity index (χ4v) is 2.28. The van der Waals surface area contributed by atoms with E-state index < -0.39 is 0 Å². The number of rotatable bonds is 6. The van der Waals surface area contributed by atoms with E-state index in [2.05, 4.69) is 41.5 Å². The van der Waals surface area contributed by atoms with Gasteiger partial charge in [0.25, 0.3) is 0 Å². The van der Waals surface area contributed by atoms with Gasteiger partial charge in [0.05, 0.1) is 12.1 Å². The highest BCUT2D eigenvalue weighted by Crippen LogP contribution is 2.17. The number of carbonyl (C=O) groups excluding carboxylic acids is 1. The third-order valence-electron chi connectivity index (χ3n) is 3.59. The molecule has 0 aliphatic carbocycles. The van der Waals surface area contributed by atoms with Gasteiger partial charge in [0.15, 0.2) is 0 Å². The van der Waals surface area contributed by atoms with E-state index in [0.29, 0.717) is 5.92 Å². The second kappa shape index (κ2) is 8.22. The SMILES string of the molecule is CC(C)Cc1ccc(C(C)C(=O)NN=Cc2cccnc2)cc1. The minimum atomic E-state index is -0.242. The second-order valence-corrected chi connectivity index (χ2v) is 6.08. The van der Waals surface area contributed by atoms with Crippen LogP contribution in [0.15, 0.2) is 53.9 Å². The first-order valence-electron chi connectivity index (χ1n) is 7.88. The molecular weight excluding hydrogens is 286 g/mol. The van der Waals surface area contributed by atoms with Crippen LogP contribution in [0.3, 0.4) is 0 Å². The van der Waals surface area contributed by atoms with E-state index in [1.807, 2.05) is 31.2 Å². The van der Waals surface area contributed by atoms with Crippen LogP contribution in [-0.2, 0) is 11.2 Å². The Hall–Kier alpha value is -2.49. The predicted octanol–water partition coefficient (Wildman–Crippen LogP) is 3.53. The van der Waals surface area contributed by atoms with Gasteiger partial charge in [-0.05, 0) is 36.5 Å². The summed E-state index contributed by atoms with van der Waals surface area (Å²) in [6.45, 7) is 6.28. The molecule has 0 bridgehead atoms. The van der Waals surface area contributed by atoms with Crippen molar-refractivity contribution in [2.45, 2.75) is 33.1 Å². The number of amides is 1. The van der Waals surface area contributed by atoms with Crippen LogP contribution in [0.2, 0.25) is 0 Å². The molecule has 0 aliphatic heterocycles. The lowest BCUT2D eigenvalue weighted by molar-refractivity contribution is -0.122. The number of nitrogens with one attached hydrogen (secondary N) is 1. The maximum Gasteiger partial charge on any atom is 0.247 e. The molecule has 2 rings (SSSR count). The number of hydrogen-bond donors (Lipinski definition) is 1. The largest absolute Gasteiger partial charge is 0.272 e. The van der Waals surface area contributed by atoms with Crippen molar-refractivity contribution in [3.63, 3.8) is 0 Å². The van der Waals surface area contributed by atoms with Crippen LogP contribution in [-0.4, -0.2) is 17.1 Å². The van der Waals surface area contributed by atoms with Gasteiger partial charge in [-0.1, -0.05) is 44.2 Å². The number of aromatic nitrogens is 1. The van der Waals surface area contributed by atoms with E-state index in [-0.39, 0.29) is 11.8 Å². The lowest BCUT2D eigenvalue weighted by Gasteiger charge is -2.11. The molecule has 0 radical (unpaired) electrons. The molecule has 1 amide bonds. The highest BCUT2D eigenvalue weighted by atomic mass is 16.2. The topological polar surface area (TPSA) is 54.4 Å². The van der Waals surface area contributed by atoms with Gasteiger partial charge in [-0.3, -0.25) is 9.78 Å². The lowest BCUT2D eigenvalue weighted by Crippen LogP contribution is -2.23. The molecule has 1 unspecified atom stereocenters. The third-order valence-corrected chi connectivity index (χ3v) is 3.59. The number of hydrogen-bond acceptors (Lipinski definition) is 3. The molecule has 0 saturated carbocycles. The Morgan fingerprint density at radius 2 is 1.96 bits per heavy atom. The highest BCUT2D eigenvalue weighted by molar-refractivity contribution is 5.85. The summed E-state index contributed by atoms with van der Waals surface area (Å²) in [5.74, 6) is 0.263. The molecule has 1 aromatic carbocycles. The quantitative estimate of drug-likeness (QED) is 0.655. The minimum absolute atomic E-state index is 0.123. The summed E-state index contributed by atoms with van der Waals surface area (Å²) in [6, 6.07) is 11.9. The maximum atomic E-state index is 12.2. The van der Waals surface area contributed by atoms with Crippen LogP contribution in [0.1, 0.15) is 43.4 Å². The van der Waals surface area contributed by atoms with E-state index in [1.54, 1.807) is 18.6 Å². The van der Waals surface area contributed by atoms with Gasteiger partial charge in [0, 0.05) is 18.0 Å². The molecule has 1 aromatic heterocycles. The first-order valence-corrected chi connectivity index (χ1v) is 7.88. The molecule has 4 nitrogen and oxygen atoms in total. The second-order valence-electron chi connectivity index (χ2n) is 6.08. The Morgan fingerprint density at radius 1 is 1.22 bits per heavy atom. The van der Waals surface area contributed by atoms with E-state index in [9.17, 15) is 4.79 Å². The van der Waals surface area contributed by atoms with Gasteiger partial charge in [-0.25, -0.2) is 5.43 Å². The normalized spacial score (nSPS) is 12.5. The van der Waals surface area contributed by atoms with Crippen molar-refractivity contribution in [3.05, 3.63) is 65.5 Å². The Kier molecular flexibility index (Phi) is 6.03. The molecule has 23 heavy (non-hydrogen) atoms. The Balaban J connectivity index is 1.92. The zero-order chi connectivity index (χ0) is 16.7. The van der Waals surface area contributed by atoms with Crippen LogP contribution in [0.5, 0.6) is 0 Å². The predicted molar refractivity (Wildman–Crippen MR) is 93.4 cm³/mol. The van der Waals surface area contributed by atoms with Gasteiger partial charge < -0.3 is 0 Å². The number of carbonyl (C=O) groups is 1. The average Bonchev–Trinajstić information content (AvgIpc) is 2.55. The molecule has 0 aliphatic rings. The summed E-state index contributed by atoms with van der Waals surface area (Å²) in [6.07, 6.45) is 6.02. The Labute approximate surface area is 137 Å². The van der Waals surface area contributed by atoms with Gasteiger partial charge in [-0.15, -0.1) is 0 Å². The molecule has 0 fully saturated rings. The van der Waals surface area contributed by atoms with E-state index in [4.69, 9.17) is 0 Å². The van der Waals surface area contributed by atoms with Crippen molar-refractivity contribution in [2.24, 2.45) is 11.0 Å². The van der Waals surface area contributed by atoms with Crippen LogP contribution >= 0.6 is 0 Å². The monoisotopic (exact) mass is 309 g/mol. The molecule has 1 atom stereocenters. The average molecular weight is 309 g/mol. The van der Waals surface area contributed by atoms with Gasteiger partial charge in [0.1, 0.15) is 0 Å². The van der Waals surface area contributed by atoms with E-state index in [0.717, 1.165) is 17.5 Å². The molecule has 1 heterocycles. The van der Waals surface area contributed by atoms with Crippen molar-refractivity contribution in [2.75, 3.05) is 0 Å². The van der Waals surface area contributed by atoms with Crippen molar-refractivity contribution in [1.29, 1.82) is 0 Å². The van der Waals surface area contributed by atoms with E-state index >= 15 is 0 Å². The molecule has 2 aromatic rings. The summed E-state index contributed by atoms with van der Waals surface area (Å²) < 4.78 is 0. The third kappa shape index (κ3) is 5.33. The first kappa shape index (κ1) is 16.9. The molecule has 0 spiro atoms. The molecular formula is C19H23N3O. The van der Waals surface area contributed by atoms with Crippen molar-refractivity contribution < 1.29 is 4.79 Å². The fourth-order valence-electron chi connectivity index (χ4n) is 2.28. The standard InChI is InChI=1S/C19H23N3O/c1-14(2)11-16-6-8-18(9-7-16)15(3)19(23)22-21-13-17-5-4-10-20-12-17/h4-10,12-15H,11H2,1-3H3,(H,22,23). The van der Waals surface area contributed by atoms with Crippen LogP contribution in [0.4, 0.5) is 0 Å². The van der Waals surface area contributed by atoms with Crippen molar-refractivity contribution in [3.8, 4) is 0 Å². The summed E-state index contributed by atoms with van der Waals surface area (Å²) in [4.78, 5) is 16.1. The number of benzene rings is 1. The molecule has 0 saturated heterocycles. The zero-order valence-electron chi connectivity index (χ0n) is 13.9. The summed E-state index contributed by atoms with van der Waals surface area (Å²) >= 11 is 0. The summed E-state index contributed by atoms with van der Waals surface area (Å²) in [5, 5.41) is 3.98. The van der Waals surface area contributed by atoms with Crippen LogP contribution in [0.25, 0.3) is 0 Å². The molecule has 120 valence electrons. The summed E-state index contributed by atoms with van der Waals surface area (Å²) in [7, 11) is 0. The Morgan fingerprint density at radius 3 is 2.57 bits per heavy atom. The van der Waals surface area contributed by atoms with Crippen LogP contribution in [0, 0.1) is 5.92 Å². The molecule has 4 heteroatoms. The maximum absolute atomic E-state index is 12.2. The van der Waals surface area contributed by atoms with E-state index in [1.165, 1.54) is 5.56 Å². The fraction of sp³-hybridized carbons (Fsp3) is 0.316. The minimum Gasteiger partial charge on any atom is -0.272 e. The highest BCUT2D eigenvalue weighted by Gasteiger charge is 2.14. The smallest absolute Gasteiger partial charge is 0.247 e. The number of hydrazone groups is 1.